The molecule has 0 atom stereocenters. The van der Waals surface area contributed by atoms with Gasteiger partial charge in [-0.1, -0.05) is 18.9 Å². The third-order valence-electron chi connectivity index (χ3n) is 4.57. The Kier molecular flexibility index (Phi) is 8.91. The van der Waals surface area contributed by atoms with Crippen molar-refractivity contribution >= 4 is 79.2 Å². The number of hydrogen-bond acceptors (Lipinski definition) is 5. The number of halogens is 1. The molecule has 2 rings (SSSR count). The number of carbonyl (C=O) groups excluding carboxylic acids is 1. The van der Waals surface area contributed by atoms with Crippen molar-refractivity contribution in [2.45, 2.75) is 46.0 Å². The molecule has 1 amide bonds. The van der Waals surface area contributed by atoms with Crippen LogP contribution in [0.5, 0.6) is 5.75 Å². The Morgan fingerprint density at radius 1 is 1.29 bits per heavy atom. The molecule has 1 saturated heterocycles. The van der Waals surface area contributed by atoms with Crippen molar-refractivity contribution < 1.29 is 32.6 Å². The molecular weight excluding hydrogens is 418 g/mol. The molecule has 11 heteroatoms. The van der Waals surface area contributed by atoms with Crippen LogP contribution in [0.4, 0.5) is 10.1 Å². The molecule has 28 heavy (non-hydrogen) atoms. The molecule has 1 fully saturated rings. The van der Waals surface area contributed by atoms with Crippen molar-refractivity contribution in [2.24, 2.45) is 5.41 Å². The zero-order chi connectivity index (χ0) is 20.4. The van der Waals surface area contributed by atoms with Gasteiger partial charge in [0.1, 0.15) is 18.0 Å². The zero-order valence-corrected chi connectivity index (χ0v) is 16.0. The minimum absolute atomic E-state index is 0. The molecule has 1 heterocycles. The Morgan fingerprint density at radius 3 is 2.46 bits per heavy atom. The average molecular weight is 443 g/mol. The molecule has 0 unspecified atom stereocenters. The van der Waals surface area contributed by atoms with E-state index in [4.69, 9.17) is 5.11 Å². The number of nitrogens with zero attached hydrogens (tertiary/aromatic N) is 1. The molecule has 0 aromatic heterocycles. The van der Waals surface area contributed by atoms with E-state index in [0.29, 0.717) is 36.4 Å². The number of aryl methyl sites for hydroxylation is 1. The van der Waals surface area contributed by atoms with Gasteiger partial charge in [-0.3, -0.25) is 9.59 Å². The third kappa shape index (κ3) is 5.89. The van der Waals surface area contributed by atoms with Gasteiger partial charge < -0.3 is 10.2 Å². The third-order valence-corrected chi connectivity index (χ3v) is 5.95. The predicted octanol–water partition coefficient (Wildman–Crippen LogP) is 1.28. The summed E-state index contributed by atoms with van der Waals surface area (Å²) >= 11 is 0. The molecule has 0 spiro atoms. The summed E-state index contributed by atoms with van der Waals surface area (Å²) in [5, 5.41) is 19.0. The van der Waals surface area contributed by atoms with Crippen molar-refractivity contribution in [3.63, 3.8) is 0 Å². The van der Waals surface area contributed by atoms with Crippen LogP contribution < -0.4 is 9.03 Å². The number of carboxylic acid groups (broad SMARTS) is 1. The van der Waals surface area contributed by atoms with Gasteiger partial charge in [0.15, 0.2) is 5.82 Å². The molecule has 3 N–H and O–H groups in total. The number of anilines is 1. The second kappa shape index (κ2) is 9.85. The molecule has 0 bridgehead atoms. The van der Waals surface area contributed by atoms with E-state index >= 15 is 0 Å². The molecular formula is C17H24FKN2O6S. The van der Waals surface area contributed by atoms with Gasteiger partial charge in [0, 0.05) is 0 Å². The van der Waals surface area contributed by atoms with Crippen molar-refractivity contribution in [1.29, 1.82) is 0 Å². The Bertz CT molecular complexity index is 859. The van der Waals surface area contributed by atoms with Gasteiger partial charge in [-0.25, -0.2) is 13.4 Å². The van der Waals surface area contributed by atoms with Crippen LogP contribution in [0.2, 0.25) is 0 Å². The first-order valence-corrected chi connectivity index (χ1v) is 9.97. The summed E-state index contributed by atoms with van der Waals surface area (Å²) in [6, 6.07) is 2.56. The first-order valence-electron chi connectivity index (χ1n) is 8.53. The number of benzene rings is 1. The summed E-state index contributed by atoms with van der Waals surface area (Å²) in [5.74, 6) is -3.13. The topological polar surface area (TPSA) is 124 Å². The summed E-state index contributed by atoms with van der Waals surface area (Å²) in [6.07, 6.45) is 2.69. The second-order valence-corrected chi connectivity index (χ2v) is 8.79. The van der Waals surface area contributed by atoms with Crippen LogP contribution in [0.1, 0.15) is 45.1 Å². The molecule has 0 saturated carbocycles. The second-order valence-electron chi connectivity index (χ2n) is 7.19. The molecule has 152 valence electrons. The van der Waals surface area contributed by atoms with Gasteiger partial charge in [0.2, 0.25) is 0 Å². The summed E-state index contributed by atoms with van der Waals surface area (Å²) in [6.45, 7) is 2.70. The van der Waals surface area contributed by atoms with Crippen LogP contribution in [0.3, 0.4) is 0 Å². The molecule has 1 aliphatic heterocycles. The number of aromatic hydroxyl groups is 1. The van der Waals surface area contributed by atoms with E-state index in [9.17, 15) is 27.5 Å². The first-order chi connectivity index (χ1) is 12.5. The SMILES string of the molecule is CC(C)(CCCCCc1ccc(O)c(N2CC(=O)NS2(=O)=O)c1F)C(=O)O.[KH]. The Morgan fingerprint density at radius 2 is 1.93 bits per heavy atom. The normalized spacial score (nSPS) is 15.8. The number of carbonyl (C=O) groups is 2. The van der Waals surface area contributed by atoms with Gasteiger partial charge >= 0.3 is 67.6 Å². The number of phenols is 1. The Labute approximate surface area is 206 Å². The number of hydrogen-bond donors (Lipinski definition) is 3. The number of rotatable bonds is 8. The van der Waals surface area contributed by atoms with E-state index in [2.05, 4.69) is 0 Å². The molecule has 1 aromatic carbocycles. The van der Waals surface area contributed by atoms with Crippen LogP contribution in [0.15, 0.2) is 12.1 Å². The van der Waals surface area contributed by atoms with E-state index in [-0.39, 0.29) is 56.9 Å². The Hall–Kier alpha value is -0.724. The van der Waals surface area contributed by atoms with Crippen LogP contribution in [-0.2, 0) is 26.2 Å². The quantitative estimate of drug-likeness (QED) is 0.412. The van der Waals surface area contributed by atoms with Crippen LogP contribution in [-0.4, -0.2) is 88.4 Å². The number of carboxylic acids is 1. The van der Waals surface area contributed by atoms with Crippen molar-refractivity contribution in [2.75, 3.05) is 10.8 Å². The van der Waals surface area contributed by atoms with Crippen LogP contribution in [0, 0.1) is 11.2 Å². The fourth-order valence-electron chi connectivity index (χ4n) is 2.84. The predicted molar refractivity (Wildman–Crippen MR) is 103 cm³/mol. The average Bonchev–Trinajstić information content (AvgIpc) is 2.81. The summed E-state index contributed by atoms with van der Waals surface area (Å²) in [7, 11) is -4.23. The van der Waals surface area contributed by atoms with E-state index < -0.39 is 51.3 Å². The van der Waals surface area contributed by atoms with Gasteiger partial charge in [-0.05, 0) is 44.7 Å². The van der Waals surface area contributed by atoms with Crippen molar-refractivity contribution in [3.8, 4) is 5.75 Å². The van der Waals surface area contributed by atoms with Crippen molar-refractivity contribution in [3.05, 3.63) is 23.5 Å². The van der Waals surface area contributed by atoms with E-state index in [1.165, 1.54) is 12.1 Å². The minimum atomic E-state index is -4.23. The summed E-state index contributed by atoms with van der Waals surface area (Å²) in [4.78, 5) is 22.4. The monoisotopic (exact) mass is 442 g/mol. The van der Waals surface area contributed by atoms with Gasteiger partial charge in [0.05, 0.1) is 5.41 Å². The number of unbranched alkanes of at least 4 members (excludes halogenated alkanes) is 2. The van der Waals surface area contributed by atoms with E-state index in [0.717, 1.165) is 0 Å². The number of phenolic OH excluding ortho intramolecular Hbond substituents is 1. The number of aliphatic carboxylic acids is 1. The van der Waals surface area contributed by atoms with E-state index in [1.54, 1.807) is 18.6 Å². The molecule has 1 aromatic rings. The van der Waals surface area contributed by atoms with Gasteiger partial charge in [-0.15, -0.1) is 0 Å². The maximum atomic E-state index is 14.8. The Balaban J connectivity index is 0.00000392. The van der Waals surface area contributed by atoms with Crippen LogP contribution in [0.25, 0.3) is 0 Å². The van der Waals surface area contributed by atoms with Gasteiger partial charge in [0.25, 0.3) is 5.91 Å². The fraction of sp³-hybridized carbons (Fsp3) is 0.529. The summed E-state index contributed by atoms with van der Waals surface area (Å²) in [5.41, 5.74) is -1.15. The number of amides is 1. The maximum absolute atomic E-state index is 14.8. The van der Waals surface area contributed by atoms with Crippen molar-refractivity contribution in [1.82, 2.24) is 4.72 Å². The van der Waals surface area contributed by atoms with Gasteiger partial charge in [-0.2, -0.15) is 8.42 Å². The summed E-state index contributed by atoms with van der Waals surface area (Å²) < 4.78 is 40.8. The zero-order valence-electron chi connectivity index (χ0n) is 15.2. The standard InChI is InChI=1S/C17H23FN2O6S.K.H/c1-17(2,16(23)24)9-5-3-4-6-11-7-8-12(21)15(14(11)18)20-10-13(22)19-27(20,25)26;;/h7-8,21H,3-6,9-10H2,1-2H3,(H,19,22)(H,23,24);;. The molecule has 1 aliphatic rings. The number of nitrogens with one attached hydrogen (secondary N) is 1. The molecule has 8 nitrogen and oxygen atoms in total. The van der Waals surface area contributed by atoms with Crippen LogP contribution >= 0.6 is 0 Å². The fourth-order valence-corrected chi connectivity index (χ4v) is 4.00. The molecule has 0 radical (unpaired) electrons. The molecule has 0 aliphatic carbocycles. The first kappa shape index (κ1) is 25.3. The van der Waals surface area contributed by atoms with E-state index in [1.807, 2.05) is 0 Å².